The van der Waals surface area contributed by atoms with Gasteiger partial charge in [-0.25, -0.2) is 4.79 Å². The Balaban J connectivity index is 1.02. The lowest BCUT2D eigenvalue weighted by Gasteiger charge is -2.61. The Morgan fingerprint density at radius 2 is 1.71 bits per heavy atom. The Morgan fingerprint density at radius 1 is 0.951 bits per heavy atom. The van der Waals surface area contributed by atoms with E-state index in [0.717, 1.165) is 50.0 Å². The quantitative estimate of drug-likeness (QED) is 0.213. The number of fused-ring (bicyclic) bond motifs is 7. The highest BCUT2D eigenvalue weighted by molar-refractivity contribution is 5.89. The van der Waals surface area contributed by atoms with Crippen molar-refractivity contribution in [3.63, 3.8) is 0 Å². The highest BCUT2D eigenvalue weighted by atomic mass is 16.7. The molecule has 0 amide bonds. The largest absolute Gasteiger partial charge is 0.459 e. The molecule has 5 unspecified atom stereocenters. The van der Waals surface area contributed by atoms with Crippen LogP contribution in [0.4, 0.5) is 5.69 Å². The van der Waals surface area contributed by atoms with E-state index in [0.29, 0.717) is 46.2 Å². The molecule has 7 nitrogen and oxygen atoms in total. The van der Waals surface area contributed by atoms with Gasteiger partial charge in [-0.1, -0.05) is 27.7 Å². The van der Waals surface area contributed by atoms with E-state index < -0.39 is 4.92 Å². The zero-order valence-corrected chi connectivity index (χ0v) is 25.2. The zero-order valence-electron chi connectivity index (χ0n) is 25.2. The maximum absolute atomic E-state index is 12.9. The average molecular weight is 566 g/mol. The highest BCUT2D eigenvalue weighted by Gasteiger charge is 2.69. The van der Waals surface area contributed by atoms with Crippen molar-refractivity contribution in [2.45, 2.75) is 110 Å². The van der Waals surface area contributed by atoms with Gasteiger partial charge < -0.3 is 14.2 Å². The summed E-state index contributed by atoms with van der Waals surface area (Å²) in [6, 6.07) is 5.75. The van der Waals surface area contributed by atoms with Crippen LogP contribution in [0.1, 0.15) is 102 Å². The molecule has 41 heavy (non-hydrogen) atoms. The van der Waals surface area contributed by atoms with Gasteiger partial charge in [-0.15, -0.1) is 0 Å². The third-order valence-electron chi connectivity index (χ3n) is 13.5. The maximum atomic E-state index is 12.9. The van der Waals surface area contributed by atoms with Gasteiger partial charge in [-0.2, -0.15) is 0 Å². The van der Waals surface area contributed by atoms with Crippen LogP contribution in [0.5, 0.6) is 0 Å². The minimum Gasteiger partial charge on any atom is -0.459 e. The van der Waals surface area contributed by atoms with Crippen molar-refractivity contribution in [1.29, 1.82) is 0 Å². The van der Waals surface area contributed by atoms with Gasteiger partial charge in [0.25, 0.3) is 5.69 Å². The smallest absolute Gasteiger partial charge is 0.338 e. The molecule has 1 spiro atoms. The number of hydrogen-bond acceptors (Lipinski definition) is 6. The van der Waals surface area contributed by atoms with E-state index >= 15 is 0 Å². The molecule has 4 saturated carbocycles. The van der Waals surface area contributed by atoms with Gasteiger partial charge >= 0.3 is 5.97 Å². The number of hydrogen-bond donors (Lipinski definition) is 0. The molecule has 0 aromatic heterocycles. The van der Waals surface area contributed by atoms with Crippen LogP contribution in [0.3, 0.4) is 0 Å². The number of nitro benzene ring substituents is 1. The van der Waals surface area contributed by atoms with E-state index in [1.165, 1.54) is 62.8 Å². The number of carbonyl (C=O) groups is 1. The lowest BCUT2D eigenvalue weighted by molar-refractivity contribution is -0.384. The molecule has 7 rings (SSSR count). The minimum atomic E-state index is -0.450. The fourth-order valence-corrected chi connectivity index (χ4v) is 11.3. The Hall–Kier alpha value is -1.99. The van der Waals surface area contributed by atoms with Gasteiger partial charge in [0.1, 0.15) is 6.10 Å². The van der Waals surface area contributed by atoms with Crippen molar-refractivity contribution in [1.82, 2.24) is 0 Å². The first kappa shape index (κ1) is 27.8. The van der Waals surface area contributed by atoms with Crippen LogP contribution in [0.25, 0.3) is 0 Å². The van der Waals surface area contributed by atoms with Gasteiger partial charge in [0.05, 0.1) is 23.2 Å². The number of rotatable bonds is 3. The molecular formula is C34H47NO6. The van der Waals surface area contributed by atoms with Crippen molar-refractivity contribution < 1.29 is 23.9 Å². The first-order valence-corrected chi connectivity index (χ1v) is 16.3. The van der Waals surface area contributed by atoms with E-state index in [2.05, 4.69) is 27.7 Å². The maximum Gasteiger partial charge on any atom is 0.338 e. The second kappa shape index (κ2) is 9.77. The molecule has 0 radical (unpaired) electrons. The number of carbonyl (C=O) groups excluding carboxylic acids is 1. The molecule has 0 N–H and O–H groups in total. The van der Waals surface area contributed by atoms with Gasteiger partial charge in [0.2, 0.25) is 0 Å². The van der Waals surface area contributed by atoms with E-state index in [9.17, 15) is 14.9 Å². The Labute approximate surface area is 244 Å². The molecule has 4 aliphatic carbocycles. The fourth-order valence-electron chi connectivity index (χ4n) is 11.3. The molecule has 2 saturated heterocycles. The number of nitrogens with zero attached hydrogens (tertiary/aromatic N) is 1. The minimum absolute atomic E-state index is 0.0151. The predicted molar refractivity (Wildman–Crippen MR) is 154 cm³/mol. The predicted octanol–water partition coefficient (Wildman–Crippen LogP) is 7.57. The highest BCUT2D eigenvalue weighted by Crippen LogP contribution is 2.71. The van der Waals surface area contributed by atoms with E-state index in [1.54, 1.807) is 0 Å². The summed E-state index contributed by atoms with van der Waals surface area (Å²) < 4.78 is 19.4. The lowest BCUT2D eigenvalue weighted by Crippen LogP contribution is -2.55. The molecule has 2 aliphatic heterocycles. The number of non-ortho nitro benzene ring substituents is 1. The third kappa shape index (κ3) is 4.22. The summed E-state index contributed by atoms with van der Waals surface area (Å²) in [4.78, 5) is 23.4. The van der Waals surface area contributed by atoms with Crippen molar-refractivity contribution in [3.05, 3.63) is 39.9 Å². The van der Waals surface area contributed by atoms with Crippen molar-refractivity contribution in [2.24, 2.45) is 52.3 Å². The number of ether oxygens (including phenoxy) is 3. The Bertz CT molecular complexity index is 1190. The average Bonchev–Trinajstić information content (AvgIpc) is 3.40. The fraction of sp³-hybridized carbons (Fsp3) is 0.794. The van der Waals surface area contributed by atoms with E-state index in [4.69, 9.17) is 14.2 Å². The summed E-state index contributed by atoms with van der Waals surface area (Å²) in [5, 5.41) is 11.0. The van der Waals surface area contributed by atoms with Crippen LogP contribution in [0, 0.1) is 62.4 Å². The van der Waals surface area contributed by atoms with E-state index in [-0.39, 0.29) is 23.5 Å². The Kier molecular flexibility index (Phi) is 6.63. The monoisotopic (exact) mass is 565 g/mol. The molecule has 6 aliphatic rings. The first-order valence-electron chi connectivity index (χ1n) is 16.3. The molecule has 224 valence electrons. The summed E-state index contributed by atoms with van der Waals surface area (Å²) in [6.45, 7) is 10.7. The van der Waals surface area contributed by atoms with Crippen LogP contribution < -0.4 is 0 Å². The molecule has 6 fully saturated rings. The summed E-state index contributed by atoms with van der Waals surface area (Å²) in [7, 11) is 0. The summed E-state index contributed by atoms with van der Waals surface area (Å²) in [5.74, 6) is 3.78. The summed E-state index contributed by atoms with van der Waals surface area (Å²) in [6.07, 6.45) is 11.8. The molecule has 7 heteroatoms. The number of esters is 1. The molecule has 1 aromatic carbocycles. The number of nitro groups is 1. The first-order chi connectivity index (χ1) is 19.5. The molecule has 0 bridgehead atoms. The topological polar surface area (TPSA) is 87.9 Å². The normalized spacial score (nSPS) is 48.5. The van der Waals surface area contributed by atoms with Crippen LogP contribution in [-0.2, 0) is 14.2 Å². The third-order valence-corrected chi connectivity index (χ3v) is 13.5. The van der Waals surface area contributed by atoms with Crippen LogP contribution in [-0.4, -0.2) is 35.5 Å². The summed E-state index contributed by atoms with van der Waals surface area (Å²) >= 11 is 0. The van der Waals surface area contributed by atoms with Crippen LogP contribution in [0.2, 0.25) is 0 Å². The van der Waals surface area contributed by atoms with Gasteiger partial charge in [-0.05, 0) is 116 Å². The molecule has 1 aromatic rings. The lowest BCUT2D eigenvalue weighted by atomic mass is 9.44. The van der Waals surface area contributed by atoms with E-state index in [1.807, 2.05) is 0 Å². The Morgan fingerprint density at radius 3 is 2.41 bits per heavy atom. The molecule has 12 atom stereocenters. The molecular weight excluding hydrogens is 518 g/mol. The van der Waals surface area contributed by atoms with Crippen molar-refractivity contribution in [2.75, 3.05) is 6.61 Å². The van der Waals surface area contributed by atoms with Crippen LogP contribution in [0.15, 0.2) is 24.3 Å². The standard InChI is InChI=1S/C34H47NO6/c1-20-11-16-34(39-19-20)21(2)30-29(41-34)18-28-26-10-7-23-17-25(12-14-32(23,3)27(26)13-15-33(28,30)4)40-31(36)22-5-8-24(9-6-22)35(37)38/h5-6,8-9,20-21,23,25-30H,7,10-19H2,1-4H3/t20?,21-,23?,25+,26?,27-,28-,29-,30-,32?,33?,34+/m0/s1. The van der Waals surface area contributed by atoms with Crippen LogP contribution >= 0.6 is 0 Å². The number of benzene rings is 1. The second-order valence-electron chi connectivity index (χ2n) is 15.3. The van der Waals surface area contributed by atoms with Crippen molar-refractivity contribution in [3.8, 4) is 0 Å². The van der Waals surface area contributed by atoms with Gasteiger partial charge in [0, 0.05) is 24.5 Å². The SMILES string of the molecule is CC1CC[C@@]2(OC1)O[C@H]1C[C@H]3C4CCC5C[C@H](OC(=O)c6ccc([N+](=O)[O-])cc6)CCC5(C)[C@H]4CCC3(C)[C@H]1[C@@H]2C. The zero-order chi connectivity index (χ0) is 28.7. The second-order valence-corrected chi connectivity index (χ2v) is 15.3. The van der Waals surface area contributed by atoms with Gasteiger partial charge in [-0.3, -0.25) is 10.1 Å². The van der Waals surface area contributed by atoms with Gasteiger partial charge in [0.15, 0.2) is 5.79 Å². The molecule has 2 heterocycles. The van der Waals surface area contributed by atoms with Crippen molar-refractivity contribution >= 4 is 11.7 Å². The summed E-state index contributed by atoms with van der Waals surface area (Å²) in [5.41, 5.74) is 1.01.